The van der Waals surface area contributed by atoms with Gasteiger partial charge in [0.25, 0.3) is 0 Å². The number of carbonyl (C=O) groups excluding carboxylic acids is 2. The Labute approximate surface area is 174 Å². The molecule has 1 N–H and O–H groups in total. The van der Waals surface area contributed by atoms with Gasteiger partial charge < -0.3 is 15.0 Å². The largest absolute Gasteiger partial charge is 0.491 e. The minimum atomic E-state index is -0.353. The van der Waals surface area contributed by atoms with Crippen molar-refractivity contribution in [2.24, 2.45) is 5.92 Å². The number of nitrogens with zero attached hydrogens (tertiary/aromatic N) is 5. The molecule has 0 radical (unpaired) electrons. The Hall–Kier alpha value is -2.94. The number of rotatable bonds is 7. The zero-order chi connectivity index (χ0) is 21.0. The van der Waals surface area contributed by atoms with E-state index >= 15 is 0 Å². The first-order valence-electron chi connectivity index (χ1n) is 9.33. The molecule has 0 bridgehead atoms. The van der Waals surface area contributed by atoms with Crippen LogP contribution in [0.4, 0.5) is 16.6 Å². The van der Waals surface area contributed by atoms with Gasteiger partial charge in [0, 0.05) is 11.2 Å². The molecule has 1 aliphatic heterocycles. The molecule has 0 spiro atoms. The van der Waals surface area contributed by atoms with Crippen molar-refractivity contribution < 1.29 is 14.3 Å². The predicted octanol–water partition coefficient (Wildman–Crippen LogP) is 2.83. The summed E-state index contributed by atoms with van der Waals surface area (Å²) in [5.74, 6) is 0.941. The van der Waals surface area contributed by atoms with E-state index in [-0.39, 0.29) is 36.4 Å². The summed E-state index contributed by atoms with van der Waals surface area (Å²) in [6.45, 7) is 6.67. The van der Waals surface area contributed by atoms with E-state index in [9.17, 15) is 9.59 Å². The van der Waals surface area contributed by atoms with Crippen LogP contribution >= 0.6 is 11.6 Å². The third-order valence-electron chi connectivity index (χ3n) is 4.49. The highest BCUT2D eigenvalue weighted by atomic mass is 35.5. The van der Waals surface area contributed by atoms with Crippen LogP contribution in [0.3, 0.4) is 0 Å². The second-order valence-corrected chi connectivity index (χ2v) is 7.33. The molecule has 0 aromatic carbocycles. The van der Waals surface area contributed by atoms with E-state index < -0.39 is 0 Å². The topological polar surface area (TPSA) is 101 Å². The maximum absolute atomic E-state index is 13.0. The molecule has 1 atom stereocenters. The Morgan fingerprint density at radius 2 is 2.07 bits per heavy atom. The lowest BCUT2D eigenvalue weighted by Crippen LogP contribution is -2.43. The number of carbonyl (C=O) groups is 2. The summed E-state index contributed by atoms with van der Waals surface area (Å²) in [4.78, 5) is 41.0. The van der Waals surface area contributed by atoms with Crippen LogP contribution in [0.1, 0.15) is 20.8 Å². The zero-order valence-electron chi connectivity index (χ0n) is 16.5. The van der Waals surface area contributed by atoms with Crippen molar-refractivity contribution in [2.75, 3.05) is 29.9 Å². The maximum atomic E-state index is 13.0. The van der Waals surface area contributed by atoms with Crippen molar-refractivity contribution >= 4 is 35.3 Å². The van der Waals surface area contributed by atoms with Gasteiger partial charge in [-0.2, -0.15) is 0 Å². The van der Waals surface area contributed by atoms with Crippen LogP contribution in [0.2, 0.25) is 5.02 Å². The molecule has 29 heavy (non-hydrogen) atoms. The number of hydrogen-bond donors (Lipinski definition) is 1. The maximum Gasteiger partial charge on any atom is 0.327 e. The van der Waals surface area contributed by atoms with Gasteiger partial charge in [0.2, 0.25) is 11.9 Å². The van der Waals surface area contributed by atoms with Crippen LogP contribution in [0.5, 0.6) is 5.75 Å². The molecule has 1 fully saturated rings. The fourth-order valence-corrected chi connectivity index (χ4v) is 3.24. The van der Waals surface area contributed by atoms with E-state index in [0.29, 0.717) is 29.7 Å². The second kappa shape index (κ2) is 9.04. The molecule has 0 saturated carbocycles. The minimum absolute atomic E-state index is 0.108. The van der Waals surface area contributed by atoms with Gasteiger partial charge in [0.05, 0.1) is 31.6 Å². The normalized spacial score (nSPS) is 16.4. The predicted molar refractivity (Wildman–Crippen MR) is 109 cm³/mol. The molecule has 3 rings (SSSR count). The Morgan fingerprint density at radius 3 is 2.69 bits per heavy atom. The summed E-state index contributed by atoms with van der Waals surface area (Å²) >= 11 is 5.92. The SMILES string of the molecule is CCOc1cnc(N2C[C@H](C(C)C)N(CC(=O)Nc3cc(Cl)ccn3)C2=O)nc1. The van der Waals surface area contributed by atoms with Crippen molar-refractivity contribution in [2.45, 2.75) is 26.8 Å². The van der Waals surface area contributed by atoms with Crippen molar-refractivity contribution in [1.82, 2.24) is 19.9 Å². The molecule has 0 aliphatic carbocycles. The number of urea groups is 1. The lowest BCUT2D eigenvalue weighted by Gasteiger charge is -2.25. The van der Waals surface area contributed by atoms with Crippen LogP contribution < -0.4 is 15.0 Å². The van der Waals surface area contributed by atoms with Crippen molar-refractivity contribution in [3.8, 4) is 5.75 Å². The van der Waals surface area contributed by atoms with Gasteiger partial charge in [-0.3, -0.25) is 9.69 Å². The van der Waals surface area contributed by atoms with Gasteiger partial charge in [0.15, 0.2) is 5.75 Å². The number of aromatic nitrogens is 3. The van der Waals surface area contributed by atoms with Crippen molar-refractivity contribution in [3.63, 3.8) is 0 Å². The number of amides is 3. The van der Waals surface area contributed by atoms with Crippen LogP contribution in [0, 0.1) is 5.92 Å². The summed E-state index contributed by atoms with van der Waals surface area (Å²) in [5.41, 5.74) is 0. The first kappa shape index (κ1) is 20.8. The Kier molecular flexibility index (Phi) is 6.48. The summed E-state index contributed by atoms with van der Waals surface area (Å²) < 4.78 is 5.34. The van der Waals surface area contributed by atoms with Crippen LogP contribution in [0.15, 0.2) is 30.7 Å². The van der Waals surface area contributed by atoms with Gasteiger partial charge >= 0.3 is 6.03 Å². The number of ether oxygens (including phenoxy) is 1. The highest BCUT2D eigenvalue weighted by molar-refractivity contribution is 6.30. The Morgan fingerprint density at radius 1 is 1.34 bits per heavy atom. The molecule has 10 heteroatoms. The van der Waals surface area contributed by atoms with Gasteiger partial charge in [-0.15, -0.1) is 0 Å². The molecule has 3 amide bonds. The first-order chi connectivity index (χ1) is 13.9. The van der Waals surface area contributed by atoms with E-state index in [1.165, 1.54) is 28.4 Å². The minimum Gasteiger partial charge on any atom is -0.491 e. The fourth-order valence-electron chi connectivity index (χ4n) is 3.08. The molecule has 2 aromatic heterocycles. The van der Waals surface area contributed by atoms with Gasteiger partial charge in [-0.1, -0.05) is 25.4 Å². The van der Waals surface area contributed by atoms with Gasteiger partial charge in [-0.25, -0.2) is 19.7 Å². The average molecular weight is 419 g/mol. The number of halogens is 1. The second-order valence-electron chi connectivity index (χ2n) is 6.89. The van der Waals surface area contributed by atoms with Crippen molar-refractivity contribution in [3.05, 3.63) is 35.7 Å². The summed E-state index contributed by atoms with van der Waals surface area (Å²) in [6, 6.07) is 2.69. The molecule has 2 aromatic rings. The van der Waals surface area contributed by atoms with E-state index in [1.54, 1.807) is 12.1 Å². The zero-order valence-corrected chi connectivity index (χ0v) is 17.3. The lowest BCUT2D eigenvalue weighted by atomic mass is 10.0. The summed E-state index contributed by atoms with van der Waals surface area (Å²) in [5, 5.41) is 3.14. The highest BCUT2D eigenvalue weighted by Crippen LogP contribution is 2.26. The summed E-state index contributed by atoms with van der Waals surface area (Å²) in [6.07, 6.45) is 4.56. The van der Waals surface area contributed by atoms with Crippen LogP contribution in [0.25, 0.3) is 0 Å². The lowest BCUT2D eigenvalue weighted by molar-refractivity contribution is -0.117. The summed E-state index contributed by atoms with van der Waals surface area (Å²) in [7, 11) is 0. The van der Waals surface area contributed by atoms with Gasteiger partial charge in [0.1, 0.15) is 12.4 Å². The number of pyridine rings is 1. The van der Waals surface area contributed by atoms with Gasteiger partial charge in [-0.05, 0) is 25.0 Å². The quantitative estimate of drug-likeness (QED) is 0.742. The standard InChI is InChI=1S/C19H23ClN6O3/c1-4-29-14-8-22-18(23-9-14)26-10-15(12(2)3)25(19(26)28)11-17(27)24-16-7-13(20)5-6-21-16/h5-9,12,15H,4,10-11H2,1-3H3,(H,21,24,27)/t15-/m1/s1. The molecule has 0 unspecified atom stereocenters. The molecule has 1 saturated heterocycles. The first-order valence-corrected chi connectivity index (χ1v) is 9.71. The third kappa shape index (κ3) is 4.92. The molecule has 154 valence electrons. The van der Waals surface area contributed by atoms with E-state index in [0.717, 1.165) is 0 Å². The molecular formula is C19H23ClN6O3. The average Bonchev–Trinajstić information content (AvgIpc) is 2.99. The van der Waals surface area contributed by atoms with E-state index in [2.05, 4.69) is 20.3 Å². The number of hydrogen-bond acceptors (Lipinski definition) is 6. The van der Waals surface area contributed by atoms with Crippen LogP contribution in [-0.2, 0) is 4.79 Å². The molecule has 9 nitrogen and oxygen atoms in total. The molecule has 1 aliphatic rings. The highest BCUT2D eigenvalue weighted by Gasteiger charge is 2.41. The van der Waals surface area contributed by atoms with E-state index in [1.807, 2.05) is 20.8 Å². The fraction of sp³-hybridized carbons (Fsp3) is 0.421. The third-order valence-corrected chi connectivity index (χ3v) is 4.72. The van der Waals surface area contributed by atoms with Crippen LogP contribution in [-0.4, -0.2) is 57.5 Å². The monoisotopic (exact) mass is 418 g/mol. The van der Waals surface area contributed by atoms with E-state index in [4.69, 9.17) is 16.3 Å². The Bertz CT molecular complexity index is 877. The number of nitrogens with one attached hydrogen (secondary N) is 1. The smallest absolute Gasteiger partial charge is 0.327 e. The Balaban J connectivity index is 1.73. The molecular weight excluding hydrogens is 396 g/mol. The number of anilines is 2. The van der Waals surface area contributed by atoms with Crippen molar-refractivity contribution in [1.29, 1.82) is 0 Å². The molecule has 3 heterocycles.